The first-order valence-electron chi connectivity index (χ1n) is 12.3. The van der Waals surface area contributed by atoms with E-state index in [1.54, 1.807) is 24.4 Å². The Hall–Kier alpha value is -3.00. The SMILES string of the molecule is CCOc1cc(C=Nn2c([C@H](C)CC)nc3ccc(Br)cc3c2=O)c(Br)c(Br)c1OCc1ccccc1C#N. The van der Waals surface area contributed by atoms with Crippen LogP contribution in [-0.4, -0.2) is 22.5 Å². The fourth-order valence-corrected chi connectivity index (χ4v) is 5.20. The average molecular weight is 717 g/mol. The van der Waals surface area contributed by atoms with E-state index in [2.05, 4.69) is 59.0 Å². The maximum absolute atomic E-state index is 13.5. The van der Waals surface area contributed by atoms with E-state index in [9.17, 15) is 10.1 Å². The minimum Gasteiger partial charge on any atom is -0.490 e. The van der Waals surface area contributed by atoms with Crippen LogP contribution in [0.25, 0.3) is 10.9 Å². The molecule has 1 heterocycles. The molecule has 0 spiro atoms. The summed E-state index contributed by atoms with van der Waals surface area (Å²) in [7, 11) is 0. The molecule has 0 aliphatic carbocycles. The van der Waals surface area contributed by atoms with Gasteiger partial charge in [0.1, 0.15) is 12.4 Å². The van der Waals surface area contributed by atoms with E-state index in [1.165, 1.54) is 4.68 Å². The molecule has 200 valence electrons. The summed E-state index contributed by atoms with van der Waals surface area (Å²) in [5.74, 6) is 1.59. The molecule has 0 fully saturated rings. The third-order valence-electron chi connectivity index (χ3n) is 6.16. The van der Waals surface area contributed by atoms with Gasteiger partial charge in [0, 0.05) is 26.0 Å². The van der Waals surface area contributed by atoms with Crippen LogP contribution in [0.3, 0.4) is 0 Å². The van der Waals surface area contributed by atoms with Gasteiger partial charge < -0.3 is 9.47 Å². The van der Waals surface area contributed by atoms with E-state index in [0.29, 0.717) is 54.9 Å². The van der Waals surface area contributed by atoms with Crippen molar-refractivity contribution in [1.82, 2.24) is 9.66 Å². The van der Waals surface area contributed by atoms with Gasteiger partial charge in [0.25, 0.3) is 5.56 Å². The van der Waals surface area contributed by atoms with Crippen LogP contribution in [0, 0.1) is 11.3 Å². The lowest BCUT2D eigenvalue weighted by molar-refractivity contribution is 0.267. The highest BCUT2D eigenvalue weighted by molar-refractivity contribution is 9.13. The zero-order chi connectivity index (χ0) is 28.1. The van der Waals surface area contributed by atoms with E-state index in [1.807, 2.05) is 51.1 Å². The molecule has 39 heavy (non-hydrogen) atoms. The second kappa shape index (κ2) is 12.9. The number of rotatable bonds is 9. The summed E-state index contributed by atoms with van der Waals surface area (Å²) in [6.45, 7) is 6.56. The molecule has 0 radical (unpaired) electrons. The van der Waals surface area contributed by atoms with Crippen molar-refractivity contribution < 1.29 is 9.47 Å². The first-order valence-corrected chi connectivity index (χ1v) is 14.7. The van der Waals surface area contributed by atoms with Crippen molar-refractivity contribution in [2.24, 2.45) is 5.10 Å². The molecule has 0 aliphatic rings. The molecule has 0 bridgehead atoms. The molecule has 3 aromatic carbocycles. The first-order chi connectivity index (χ1) is 18.8. The predicted molar refractivity (Wildman–Crippen MR) is 164 cm³/mol. The van der Waals surface area contributed by atoms with Crippen LogP contribution in [0.5, 0.6) is 11.5 Å². The lowest BCUT2D eigenvalue weighted by Crippen LogP contribution is -2.23. The van der Waals surface area contributed by atoms with Gasteiger partial charge in [-0.15, -0.1) is 0 Å². The van der Waals surface area contributed by atoms with Crippen LogP contribution in [0.15, 0.2) is 71.8 Å². The highest BCUT2D eigenvalue weighted by atomic mass is 79.9. The van der Waals surface area contributed by atoms with Crippen molar-refractivity contribution in [2.75, 3.05) is 6.61 Å². The van der Waals surface area contributed by atoms with Gasteiger partial charge in [-0.05, 0) is 75.5 Å². The minimum atomic E-state index is -0.246. The molecule has 1 aromatic heterocycles. The van der Waals surface area contributed by atoms with E-state index in [-0.39, 0.29) is 18.1 Å². The number of hydrogen-bond acceptors (Lipinski definition) is 6. The maximum atomic E-state index is 13.5. The predicted octanol–water partition coefficient (Wildman–Crippen LogP) is 7.93. The van der Waals surface area contributed by atoms with Crippen molar-refractivity contribution in [2.45, 2.75) is 39.7 Å². The van der Waals surface area contributed by atoms with Crippen LogP contribution in [0.1, 0.15) is 55.6 Å². The van der Waals surface area contributed by atoms with Crippen LogP contribution >= 0.6 is 47.8 Å². The number of halogens is 3. The fourth-order valence-electron chi connectivity index (χ4n) is 3.90. The Bertz CT molecular complexity index is 1660. The maximum Gasteiger partial charge on any atom is 0.282 e. The molecule has 0 aliphatic heterocycles. The van der Waals surface area contributed by atoms with E-state index in [0.717, 1.165) is 16.5 Å². The molecule has 0 unspecified atom stereocenters. The third kappa shape index (κ3) is 6.26. The Morgan fingerprint density at radius 3 is 2.59 bits per heavy atom. The lowest BCUT2D eigenvalue weighted by Gasteiger charge is -2.17. The Balaban J connectivity index is 1.77. The van der Waals surface area contributed by atoms with Gasteiger partial charge in [0.2, 0.25) is 0 Å². The Morgan fingerprint density at radius 1 is 1.10 bits per heavy atom. The quantitative estimate of drug-likeness (QED) is 0.164. The molecule has 4 aromatic rings. The van der Waals surface area contributed by atoms with Crippen molar-refractivity contribution in [3.8, 4) is 17.6 Å². The second-order valence-electron chi connectivity index (χ2n) is 8.71. The number of benzene rings is 3. The van der Waals surface area contributed by atoms with Crippen LogP contribution in [0.4, 0.5) is 0 Å². The van der Waals surface area contributed by atoms with Crippen molar-refractivity contribution in [1.29, 1.82) is 5.26 Å². The lowest BCUT2D eigenvalue weighted by atomic mass is 10.1. The van der Waals surface area contributed by atoms with Gasteiger partial charge in [-0.25, -0.2) is 4.98 Å². The standard InChI is InChI=1S/C29H25Br3N4O3/c1-4-17(3)28-35-23-11-10-21(30)13-22(23)29(37)36(28)34-15-20-12-24(38-5-2)27(26(32)25(20)31)39-16-19-9-7-6-8-18(19)14-33/h6-13,15,17H,4-5,16H2,1-3H3/t17-/m1/s1. The van der Waals surface area contributed by atoms with Gasteiger partial charge in [0.05, 0.1) is 39.8 Å². The topological polar surface area (TPSA) is 89.5 Å². The monoisotopic (exact) mass is 714 g/mol. The van der Waals surface area contributed by atoms with Gasteiger partial charge in [-0.3, -0.25) is 4.79 Å². The molecule has 0 amide bonds. The largest absolute Gasteiger partial charge is 0.490 e. The second-order valence-corrected chi connectivity index (χ2v) is 11.2. The fraction of sp³-hybridized carbons (Fsp3) is 0.241. The molecule has 0 saturated carbocycles. The smallest absolute Gasteiger partial charge is 0.282 e. The molecule has 4 rings (SSSR count). The zero-order valence-corrected chi connectivity index (χ0v) is 26.3. The zero-order valence-electron chi connectivity index (χ0n) is 21.5. The Morgan fingerprint density at radius 2 is 1.87 bits per heavy atom. The van der Waals surface area contributed by atoms with E-state index < -0.39 is 0 Å². The summed E-state index contributed by atoms with van der Waals surface area (Å²) in [6.07, 6.45) is 2.40. The van der Waals surface area contributed by atoms with Crippen molar-refractivity contribution in [3.63, 3.8) is 0 Å². The molecule has 7 nitrogen and oxygen atoms in total. The van der Waals surface area contributed by atoms with Crippen LogP contribution < -0.4 is 15.0 Å². The molecular formula is C29H25Br3N4O3. The molecule has 1 atom stereocenters. The number of nitriles is 1. The normalized spacial score (nSPS) is 12.0. The highest BCUT2D eigenvalue weighted by Gasteiger charge is 2.19. The molecule has 0 N–H and O–H groups in total. The number of fused-ring (bicyclic) bond motifs is 1. The molecule has 0 saturated heterocycles. The summed E-state index contributed by atoms with van der Waals surface area (Å²) in [5, 5.41) is 14.5. The van der Waals surface area contributed by atoms with Gasteiger partial charge >= 0.3 is 0 Å². The van der Waals surface area contributed by atoms with Gasteiger partial charge in [-0.1, -0.05) is 48.0 Å². The van der Waals surface area contributed by atoms with Crippen molar-refractivity contribution in [3.05, 3.63) is 94.8 Å². The number of ether oxygens (including phenoxy) is 2. The molecular weight excluding hydrogens is 692 g/mol. The summed E-state index contributed by atoms with van der Waals surface area (Å²) >= 11 is 10.7. The average Bonchev–Trinajstić information content (AvgIpc) is 2.94. The van der Waals surface area contributed by atoms with E-state index >= 15 is 0 Å². The van der Waals surface area contributed by atoms with Crippen LogP contribution in [0.2, 0.25) is 0 Å². The Kier molecular flexibility index (Phi) is 9.59. The van der Waals surface area contributed by atoms with Gasteiger partial charge in [0.15, 0.2) is 11.5 Å². The first kappa shape index (κ1) is 29.0. The van der Waals surface area contributed by atoms with Gasteiger partial charge in [-0.2, -0.15) is 15.0 Å². The summed E-state index contributed by atoms with van der Waals surface area (Å²) < 4.78 is 15.5. The van der Waals surface area contributed by atoms with Crippen LogP contribution in [-0.2, 0) is 6.61 Å². The number of hydrogen-bond donors (Lipinski definition) is 0. The third-order valence-corrected chi connectivity index (χ3v) is 8.80. The summed E-state index contributed by atoms with van der Waals surface area (Å²) in [4.78, 5) is 18.3. The Labute approximate surface area is 251 Å². The number of aromatic nitrogens is 2. The summed E-state index contributed by atoms with van der Waals surface area (Å²) in [5.41, 5.74) is 2.37. The number of nitrogens with zero attached hydrogens (tertiary/aromatic N) is 4. The summed E-state index contributed by atoms with van der Waals surface area (Å²) in [6, 6.07) is 16.7. The minimum absolute atomic E-state index is 0.0177. The van der Waals surface area contributed by atoms with Crippen molar-refractivity contribution >= 4 is 64.9 Å². The van der Waals surface area contributed by atoms with E-state index in [4.69, 9.17) is 14.5 Å². The molecule has 10 heteroatoms. The highest BCUT2D eigenvalue weighted by Crippen LogP contribution is 2.43.